The van der Waals surface area contributed by atoms with E-state index in [9.17, 15) is 4.21 Å². The zero-order chi connectivity index (χ0) is 13.5. The summed E-state index contributed by atoms with van der Waals surface area (Å²) in [6.45, 7) is 7.82. The molecule has 5 heteroatoms. The molecule has 2 atom stereocenters. The molecule has 0 radical (unpaired) electrons. The van der Waals surface area contributed by atoms with E-state index in [2.05, 4.69) is 15.8 Å². The lowest BCUT2D eigenvalue weighted by Crippen LogP contribution is -2.35. The molecule has 0 fully saturated rings. The number of aryl methyl sites for hydroxylation is 2. The Hall–Kier alpha value is -0.450. The Morgan fingerprint density at radius 2 is 2.17 bits per heavy atom. The lowest BCUT2D eigenvalue weighted by molar-refractivity contribution is 0.595. The lowest BCUT2D eigenvalue weighted by Gasteiger charge is -2.22. The van der Waals surface area contributed by atoms with Crippen LogP contribution in [0.3, 0.4) is 0 Å². The first-order chi connectivity index (χ1) is 8.29. The molecule has 0 amide bonds. The van der Waals surface area contributed by atoms with E-state index >= 15 is 0 Å². The minimum atomic E-state index is -1.08. The van der Waals surface area contributed by atoms with Gasteiger partial charge in [-0.3, -0.25) is 0 Å². The second-order valence-corrected chi connectivity index (χ2v) is 8.07. The van der Waals surface area contributed by atoms with Crippen molar-refractivity contribution in [1.29, 1.82) is 0 Å². The van der Waals surface area contributed by atoms with Crippen LogP contribution in [0.15, 0.2) is 6.07 Å². The van der Waals surface area contributed by atoms with Crippen LogP contribution in [0, 0.1) is 6.92 Å². The highest BCUT2D eigenvalue weighted by atomic mass is 35.5. The third-order valence-corrected chi connectivity index (χ3v) is 4.98. The number of nitrogens with one attached hydrogen (secondary N) is 1. The van der Waals surface area contributed by atoms with Gasteiger partial charge in [-0.25, -0.2) is 13.9 Å². The second kappa shape index (κ2) is 4.91. The molecule has 1 aromatic rings. The van der Waals surface area contributed by atoms with Gasteiger partial charge >= 0.3 is 0 Å². The van der Waals surface area contributed by atoms with Crippen molar-refractivity contribution in [2.24, 2.45) is 0 Å². The Labute approximate surface area is 116 Å². The molecule has 2 unspecified atom stereocenters. The maximum Gasteiger partial charge on any atom is 0.134 e. The molecule has 1 aliphatic carbocycles. The van der Waals surface area contributed by atoms with Gasteiger partial charge in [-0.2, -0.15) is 0 Å². The van der Waals surface area contributed by atoms with E-state index < -0.39 is 11.0 Å². The van der Waals surface area contributed by atoms with Crippen molar-refractivity contribution in [2.45, 2.75) is 51.3 Å². The smallest absolute Gasteiger partial charge is 0.134 e. The van der Waals surface area contributed by atoms with E-state index in [0.717, 1.165) is 24.1 Å². The van der Waals surface area contributed by atoms with Crippen molar-refractivity contribution in [1.82, 2.24) is 9.71 Å². The first kappa shape index (κ1) is 14.0. The fourth-order valence-electron chi connectivity index (χ4n) is 2.15. The molecular weight excluding hydrogens is 268 g/mol. The lowest BCUT2D eigenvalue weighted by atomic mass is 10.1. The van der Waals surface area contributed by atoms with Crippen LogP contribution in [0.1, 0.15) is 50.1 Å². The molecule has 0 aromatic carbocycles. The summed E-state index contributed by atoms with van der Waals surface area (Å²) < 4.78 is 15.1. The van der Waals surface area contributed by atoms with Crippen LogP contribution in [0.5, 0.6) is 0 Å². The van der Waals surface area contributed by atoms with Crippen molar-refractivity contribution in [2.75, 3.05) is 0 Å². The molecule has 0 spiro atoms. The van der Waals surface area contributed by atoms with Gasteiger partial charge in [0.2, 0.25) is 0 Å². The molecule has 0 saturated carbocycles. The summed E-state index contributed by atoms with van der Waals surface area (Å²) >= 11 is 6.22. The van der Waals surface area contributed by atoms with E-state index in [0.29, 0.717) is 5.15 Å². The quantitative estimate of drug-likeness (QED) is 0.849. The third kappa shape index (κ3) is 2.76. The Kier molecular flexibility index (Phi) is 3.81. The van der Waals surface area contributed by atoms with Crippen molar-refractivity contribution < 1.29 is 4.21 Å². The molecule has 0 aliphatic heterocycles. The molecule has 1 aliphatic rings. The minimum absolute atomic E-state index is 0.0562. The van der Waals surface area contributed by atoms with Crippen LogP contribution in [0.2, 0.25) is 5.15 Å². The number of pyridine rings is 1. The predicted molar refractivity (Wildman–Crippen MR) is 76.1 cm³/mol. The van der Waals surface area contributed by atoms with Gasteiger partial charge in [0, 0.05) is 17.3 Å². The maximum atomic E-state index is 12.1. The molecule has 2 rings (SSSR count). The number of rotatable bonds is 2. The number of fused-ring (bicyclic) bond motifs is 1. The zero-order valence-corrected chi connectivity index (χ0v) is 12.8. The van der Waals surface area contributed by atoms with Gasteiger partial charge < -0.3 is 0 Å². The number of hydrogen-bond acceptors (Lipinski definition) is 2. The molecule has 1 heterocycles. The third-order valence-electron chi connectivity index (χ3n) is 3.08. The van der Waals surface area contributed by atoms with Gasteiger partial charge in [0.25, 0.3) is 0 Å². The average Bonchev–Trinajstić information content (AvgIpc) is 2.59. The summed E-state index contributed by atoms with van der Waals surface area (Å²) in [6, 6.07) is 2.13. The number of halogens is 1. The summed E-state index contributed by atoms with van der Waals surface area (Å²) in [6.07, 6.45) is 1.90. The second-order valence-electron chi connectivity index (χ2n) is 5.72. The number of hydrogen-bond donors (Lipinski definition) is 1. The fraction of sp³-hybridized carbons (Fsp3) is 0.615. The summed E-state index contributed by atoms with van der Waals surface area (Å²) in [5, 5.41) is 0.547. The number of nitrogens with zero attached hydrogens (tertiary/aromatic N) is 1. The van der Waals surface area contributed by atoms with Gasteiger partial charge in [0.05, 0.1) is 15.7 Å². The van der Waals surface area contributed by atoms with Crippen LogP contribution in [-0.2, 0) is 17.4 Å². The van der Waals surface area contributed by atoms with Gasteiger partial charge in [-0.15, -0.1) is 0 Å². The van der Waals surface area contributed by atoms with E-state index in [4.69, 9.17) is 11.6 Å². The summed E-state index contributed by atoms with van der Waals surface area (Å²) in [5.41, 5.74) is 3.20. The topological polar surface area (TPSA) is 42.0 Å². The Morgan fingerprint density at radius 3 is 2.78 bits per heavy atom. The highest BCUT2D eigenvalue weighted by molar-refractivity contribution is 7.84. The van der Waals surface area contributed by atoms with Crippen LogP contribution < -0.4 is 4.72 Å². The van der Waals surface area contributed by atoms with E-state index in [1.165, 1.54) is 5.56 Å². The van der Waals surface area contributed by atoms with Crippen LogP contribution >= 0.6 is 11.6 Å². The maximum absolute atomic E-state index is 12.1. The number of aromatic nitrogens is 1. The fourth-order valence-corrected chi connectivity index (χ4v) is 3.39. The standard InChI is InChI=1S/C13H19ClN2OS/c1-8-7-9-5-6-10(11(9)12(14)15-8)16-18(17)13(2,3)4/h7,10,16H,5-6H2,1-4H3. The van der Waals surface area contributed by atoms with E-state index in [1.807, 2.05) is 27.7 Å². The Bertz CT molecular complexity index is 496. The van der Waals surface area contributed by atoms with Crippen molar-refractivity contribution in [3.63, 3.8) is 0 Å². The molecule has 3 nitrogen and oxygen atoms in total. The first-order valence-electron chi connectivity index (χ1n) is 6.13. The highest BCUT2D eigenvalue weighted by Crippen LogP contribution is 2.36. The Balaban J connectivity index is 2.25. The molecular formula is C13H19ClN2OS. The van der Waals surface area contributed by atoms with Gasteiger partial charge in [0.1, 0.15) is 5.15 Å². The van der Waals surface area contributed by atoms with E-state index in [1.54, 1.807) is 0 Å². The molecule has 100 valence electrons. The average molecular weight is 287 g/mol. The van der Waals surface area contributed by atoms with Gasteiger partial charge in [-0.1, -0.05) is 11.6 Å². The highest BCUT2D eigenvalue weighted by Gasteiger charge is 2.30. The summed E-state index contributed by atoms with van der Waals surface area (Å²) in [5.74, 6) is 0. The Morgan fingerprint density at radius 1 is 1.50 bits per heavy atom. The molecule has 1 N–H and O–H groups in total. The monoisotopic (exact) mass is 286 g/mol. The largest absolute Gasteiger partial charge is 0.242 e. The van der Waals surface area contributed by atoms with Crippen molar-refractivity contribution in [3.8, 4) is 0 Å². The predicted octanol–water partition coefficient (Wildman–Crippen LogP) is 3.08. The normalized spacial score (nSPS) is 20.8. The molecule has 0 saturated heterocycles. The summed E-state index contributed by atoms with van der Waals surface area (Å²) in [4.78, 5) is 4.29. The summed E-state index contributed by atoms with van der Waals surface area (Å²) in [7, 11) is -1.08. The van der Waals surface area contributed by atoms with Gasteiger partial charge in [0.15, 0.2) is 0 Å². The first-order valence-corrected chi connectivity index (χ1v) is 7.66. The van der Waals surface area contributed by atoms with Crippen LogP contribution in [-0.4, -0.2) is 13.9 Å². The van der Waals surface area contributed by atoms with Crippen molar-refractivity contribution in [3.05, 3.63) is 28.0 Å². The van der Waals surface area contributed by atoms with Crippen LogP contribution in [0.4, 0.5) is 0 Å². The van der Waals surface area contributed by atoms with Gasteiger partial charge in [-0.05, 0) is 52.2 Å². The zero-order valence-electron chi connectivity index (χ0n) is 11.2. The molecule has 18 heavy (non-hydrogen) atoms. The van der Waals surface area contributed by atoms with Crippen molar-refractivity contribution >= 4 is 22.6 Å². The van der Waals surface area contributed by atoms with E-state index in [-0.39, 0.29) is 10.8 Å². The molecule has 1 aromatic heterocycles. The minimum Gasteiger partial charge on any atom is -0.242 e. The SMILES string of the molecule is Cc1cc2c(c(Cl)n1)C(NS(=O)C(C)(C)C)CC2. The molecule has 0 bridgehead atoms. The van der Waals surface area contributed by atoms with Crippen LogP contribution in [0.25, 0.3) is 0 Å².